The Kier molecular flexibility index (Phi) is 4.22. The van der Waals surface area contributed by atoms with E-state index in [1.165, 1.54) is 6.07 Å². The summed E-state index contributed by atoms with van der Waals surface area (Å²) in [7, 11) is 0. The maximum Gasteiger partial charge on any atom is 0.433 e. The molecule has 0 unspecified atom stereocenters. The Morgan fingerprint density at radius 1 is 1.24 bits per heavy atom. The third-order valence-electron chi connectivity index (χ3n) is 2.63. The minimum Gasteiger partial charge on any atom is -0.439 e. The van der Waals surface area contributed by atoms with E-state index < -0.39 is 17.8 Å². The second-order valence-electron chi connectivity index (χ2n) is 4.16. The van der Waals surface area contributed by atoms with Crippen LogP contribution in [0.2, 0.25) is 5.02 Å². The molecular formula is C13H11ClF3N3O. The minimum absolute atomic E-state index is 0.279. The van der Waals surface area contributed by atoms with Crippen LogP contribution in [0.1, 0.15) is 18.2 Å². The highest BCUT2D eigenvalue weighted by Gasteiger charge is 2.33. The van der Waals surface area contributed by atoms with Gasteiger partial charge in [0.05, 0.1) is 0 Å². The number of aryl methyl sites for hydroxylation is 1. The lowest BCUT2D eigenvalue weighted by molar-refractivity contribution is -0.141. The standard InChI is InChI=1S/C13H11ClF3N3O/c1-2-7-5-8(3-4-9(7)14)21-11-6-10(13(15,16)17)19-12(18)20-11/h3-6H,2H2,1H3,(H2,18,19,20). The van der Waals surface area contributed by atoms with Gasteiger partial charge in [0, 0.05) is 11.1 Å². The molecule has 0 saturated carbocycles. The molecule has 0 radical (unpaired) electrons. The summed E-state index contributed by atoms with van der Waals surface area (Å²) in [6, 6.07) is 5.46. The van der Waals surface area contributed by atoms with Gasteiger partial charge in [-0.15, -0.1) is 0 Å². The first kappa shape index (κ1) is 15.4. The van der Waals surface area contributed by atoms with Gasteiger partial charge in [0.1, 0.15) is 5.75 Å². The number of nitrogens with zero attached hydrogens (tertiary/aromatic N) is 2. The van der Waals surface area contributed by atoms with E-state index in [-0.39, 0.29) is 5.88 Å². The van der Waals surface area contributed by atoms with Gasteiger partial charge in [0.15, 0.2) is 5.69 Å². The number of aromatic nitrogens is 2. The number of nitrogens with two attached hydrogens (primary N) is 1. The summed E-state index contributed by atoms with van der Waals surface area (Å²) in [6.45, 7) is 1.90. The number of ether oxygens (including phenoxy) is 1. The summed E-state index contributed by atoms with van der Waals surface area (Å²) in [5.74, 6) is -0.467. The van der Waals surface area contributed by atoms with Crippen LogP contribution in [0.15, 0.2) is 24.3 Å². The van der Waals surface area contributed by atoms with E-state index in [0.717, 1.165) is 5.56 Å². The van der Waals surface area contributed by atoms with Crippen molar-refractivity contribution in [3.63, 3.8) is 0 Å². The number of benzene rings is 1. The summed E-state index contributed by atoms with van der Waals surface area (Å²) >= 11 is 5.96. The Hall–Kier alpha value is -2.02. The topological polar surface area (TPSA) is 61.0 Å². The Morgan fingerprint density at radius 3 is 2.57 bits per heavy atom. The van der Waals surface area contributed by atoms with Crippen molar-refractivity contribution in [2.45, 2.75) is 19.5 Å². The molecule has 0 atom stereocenters. The maximum absolute atomic E-state index is 12.6. The van der Waals surface area contributed by atoms with Crippen LogP contribution in [-0.2, 0) is 12.6 Å². The third-order valence-corrected chi connectivity index (χ3v) is 3.00. The fourth-order valence-corrected chi connectivity index (χ4v) is 1.90. The molecule has 112 valence electrons. The molecule has 0 spiro atoms. The highest BCUT2D eigenvalue weighted by atomic mass is 35.5. The van der Waals surface area contributed by atoms with E-state index in [2.05, 4.69) is 9.97 Å². The molecule has 1 heterocycles. The van der Waals surface area contributed by atoms with Crippen LogP contribution < -0.4 is 10.5 Å². The van der Waals surface area contributed by atoms with Crippen LogP contribution in [0.5, 0.6) is 11.6 Å². The third kappa shape index (κ3) is 3.75. The van der Waals surface area contributed by atoms with Crippen LogP contribution in [0.25, 0.3) is 0 Å². The SMILES string of the molecule is CCc1cc(Oc2cc(C(F)(F)F)nc(N)n2)ccc1Cl. The molecule has 4 nitrogen and oxygen atoms in total. The van der Waals surface area contributed by atoms with Crippen molar-refractivity contribution in [1.82, 2.24) is 9.97 Å². The molecule has 21 heavy (non-hydrogen) atoms. The molecule has 0 aliphatic carbocycles. The average Bonchev–Trinajstić information content (AvgIpc) is 2.39. The number of hydrogen-bond donors (Lipinski definition) is 1. The second-order valence-corrected chi connectivity index (χ2v) is 4.56. The molecule has 0 fully saturated rings. The summed E-state index contributed by atoms with van der Waals surface area (Å²) in [4.78, 5) is 6.77. The van der Waals surface area contributed by atoms with Gasteiger partial charge in [0.25, 0.3) is 0 Å². The summed E-state index contributed by atoms with van der Waals surface area (Å²) < 4.78 is 43.2. The molecule has 0 aliphatic rings. The first-order valence-electron chi connectivity index (χ1n) is 5.97. The van der Waals surface area contributed by atoms with Gasteiger partial charge >= 0.3 is 6.18 Å². The largest absolute Gasteiger partial charge is 0.439 e. The maximum atomic E-state index is 12.6. The Bertz CT molecular complexity index is 662. The molecule has 2 N–H and O–H groups in total. The number of anilines is 1. The molecule has 0 bridgehead atoms. The van der Waals surface area contributed by atoms with E-state index >= 15 is 0 Å². The molecule has 1 aromatic heterocycles. The average molecular weight is 318 g/mol. The normalized spacial score (nSPS) is 11.5. The lowest BCUT2D eigenvalue weighted by Gasteiger charge is -2.10. The van der Waals surface area contributed by atoms with Gasteiger partial charge in [0.2, 0.25) is 11.8 Å². The Balaban J connectivity index is 2.33. The van der Waals surface area contributed by atoms with Crippen LogP contribution in [0, 0.1) is 0 Å². The van der Waals surface area contributed by atoms with Crippen molar-refractivity contribution < 1.29 is 17.9 Å². The van der Waals surface area contributed by atoms with Gasteiger partial charge < -0.3 is 10.5 Å². The smallest absolute Gasteiger partial charge is 0.433 e. The molecule has 8 heteroatoms. The summed E-state index contributed by atoms with van der Waals surface area (Å²) in [5.41, 5.74) is 4.92. The highest BCUT2D eigenvalue weighted by molar-refractivity contribution is 6.31. The molecule has 0 amide bonds. The molecule has 0 saturated heterocycles. The van der Waals surface area contributed by atoms with E-state index in [0.29, 0.717) is 23.3 Å². The van der Waals surface area contributed by atoms with Crippen molar-refractivity contribution in [3.05, 3.63) is 40.5 Å². The minimum atomic E-state index is -4.62. The van der Waals surface area contributed by atoms with Crippen LogP contribution in [-0.4, -0.2) is 9.97 Å². The number of rotatable bonds is 3. The first-order valence-corrected chi connectivity index (χ1v) is 6.35. The zero-order chi connectivity index (χ0) is 15.6. The molecule has 2 rings (SSSR count). The highest BCUT2D eigenvalue weighted by Crippen LogP contribution is 2.32. The predicted octanol–water partition coefficient (Wildman–Crippen LogP) is 4.09. The van der Waals surface area contributed by atoms with Gasteiger partial charge in [-0.25, -0.2) is 4.98 Å². The zero-order valence-electron chi connectivity index (χ0n) is 10.9. The fraction of sp³-hybridized carbons (Fsp3) is 0.231. The number of halogens is 4. The first-order chi connectivity index (χ1) is 9.79. The van der Waals surface area contributed by atoms with Crippen molar-refractivity contribution in [2.75, 3.05) is 5.73 Å². The van der Waals surface area contributed by atoms with E-state index in [9.17, 15) is 13.2 Å². The van der Waals surface area contributed by atoms with E-state index in [1.807, 2.05) is 6.92 Å². The molecular weight excluding hydrogens is 307 g/mol. The quantitative estimate of drug-likeness (QED) is 0.926. The van der Waals surface area contributed by atoms with Crippen molar-refractivity contribution >= 4 is 17.5 Å². The number of alkyl halides is 3. The van der Waals surface area contributed by atoms with Gasteiger partial charge in [-0.3, -0.25) is 0 Å². The lowest BCUT2D eigenvalue weighted by atomic mass is 10.1. The zero-order valence-corrected chi connectivity index (χ0v) is 11.7. The van der Waals surface area contributed by atoms with Gasteiger partial charge in [-0.05, 0) is 30.2 Å². The van der Waals surface area contributed by atoms with Crippen LogP contribution in [0.4, 0.5) is 19.1 Å². The number of hydrogen-bond acceptors (Lipinski definition) is 4. The molecule has 2 aromatic rings. The Morgan fingerprint density at radius 2 is 1.95 bits per heavy atom. The number of nitrogen functional groups attached to an aromatic ring is 1. The Labute approximate surface area is 123 Å². The van der Waals surface area contributed by atoms with Crippen molar-refractivity contribution in [2.24, 2.45) is 0 Å². The van der Waals surface area contributed by atoms with Crippen LogP contribution >= 0.6 is 11.6 Å². The van der Waals surface area contributed by atoms with Crippen molar-refractivity contribution in [1.29, 1.82) is 0 Å². The molecule has 0 aliphatic heterocycles. The van der Waals surface area contributed by atoms with Crippen LogP contribution in [0.3, 0.4) is 0 Å². The summed E-state index contributed by atoms with van der Waals surface area (Å²) in [6.07, 6.45) is -3.96. The second kappa shape index (κ2) is 5.77. The van der Waals surface area contributed by atoms with E-state index in [4.69, 9.17) is 22.1 Å². The van der Waals surface area contributed by atoms with Crippen molar-refractivity contribution in [3.8, 4) is 11.6 Å². The van der Waals surface area contributed by atoms with Gasteiger partial charge in [-0.2, -0.15) is 18.2 Å². The summed E-state index contributed by atoms with van der Waals surface area (Å²) in [5, 5.41) is 0.558. The molecule has 1 aromatic carbocycles. The van der Waals surface area contributed by atoms with Gasteiger partial charge in [-0.1, -0.05) is 18.5 Å². The monoisotopic (exact) mass is 317 g/mol. The van der Waals surface area contributed by atoms with E-state index in [1.54, 1.807) is 12.1 Å². The predicted molar refractivity (Wildman–Crippen MR) is 72.4 cm³/mol. The fourth-order valence-electron chi connectivity index (χ4n) is 1.65. The lowest BCUT2D eigenvalue weighted by Crippen LogP contribution is -2.11.